The van der Waals surface area contributed by atoms with Crippen LogP contribution in [0.3, 0.4) is 0 Å². The normalized spacial score (nSPS) is 10.2. The molecule has 0 aliphatic heterocycles. The van der Waals surface area contributed by atoms with Crippen molar-refractivity contribution in [1.29, 1.82) is 0 Å². The number of rotatable bonds is 3. The van der Waals surface area contributed by atoms with Crippen LogP contribution in [0.15, 0.2) is 18.6 Å². The summed E-state index contributed by atoms with van der Waals surface area (Å²) in [6.07, 6.45) is 2.98. The number of pyridine rings is 1. The highest BCUT2D eigenvalue weighted by Crippen LogP contribution is 2.19. The predicted octanol–water partition coefficient (Wildman–Crippen LogP) is 0.669. The third kappa shape index (κ3) is 2.97. The van der Waals surface area contributed by atoms with E-state index < -0.39 is 0 Å². The highest BCUT2D eigenvalue weighted by atomic mass is 35.5. The van der Waals surface area contributed by atoms with Gasteiger partial charge in [0.05, 0.1) is 5.69 Å². The molecule has 0 aromatic carbocycles. The van der Waals surface area contributed by atoms with Gasteiger partial charge < -0.3 is 5.32 Å². The summed E-state index contributed by atoms with van der Waals surface area (Å²) in [5.41, 5.74) is 1.39. The average molecular weight is 253 g/mol. The van der Waals surface area contributed by atoms with Crippen molar-refractivity contribution in [3.8, 4) is 0 Å². The second-order valence-electron chi connectivity index (χ2n) is 3.41. The van der Waals surface area contributed by atoms with Gasteiger partial charge in [-0.05, 0) is 29.0 Å². The zero-order valence-corrected chi connectivity index (χ0v) is 9.72. The molecule has 0 fully saturated rings. The molecule has 88 valence electrons. The fourth-order valence-electron chi connectivity index (χ4n) is 1.23. The van der Waals surface area contributed by atoms with Gasteiger partial charge in [-0.1, -0.05) is 11.6 Å². The zero-order chi connectivity index (χ0) is 12.3. The minimum atomic E-state index is -0.272. The highest BCUT2D eigenvalue weighted by molar-refractivity contribution is 6.32. The molecule has 0 spiro atoms. The summed E-state index contributed by atoms with van der Waals surface area (Å²) in [5.74, 6) is -0.272. The third-order valence-corrected chi connectivity index (χ3v) is 2.25. The van der Waals surface area contributed by atoms with Crippen molar-refractivity contribution in [3.05, 3.63) is 29.3 Å². The van der Waals surface area contributed by atoms with Crippen LogP contribution in [0.25, 0.3) is 0 Å². The van der Waals surface area contributed by atoms with E-state index in [-0.39, 0.29) is 17.6 Å². The van der Waals surface area contributed by atoms with Crippen molar-refractivity contribution in [2.45, 2.75) is 13.5 Å². The first-order valence-corrected chi connectivity index (χ1v) is 5.16. The first-order chi connectivity index (χ1) is 8.15. The number of nitrogens with one attached hydrogen (secondary N) is 1. The molecular formula is C9H9ClN6O. The summed E-state index contributed by atoms with van der Waals surface area (Å²) in [5, 5.41) is 13.3. The molecule has 2 aromatic heterocycles. The van der Waals surface area contributed by atoms with E-state index in [9.17, 15) is 4.79 Å². The molecule has 0 radical (unpaired) electrons. The smallest absolute Gasteiger partial charge is 0.246 e. The van der Waals surface area contributed by atoms with E-state index in [1.807, 2.05) is 6.92 Å². The Hall–Kier alpha value is -2.02. The number of aryl methyl sites for hydroxylation is 1. The summed E-state index contributed by atoms with van der Waals surface area (Å²) in [6, 6.07) is 1.74. The van der Waals surface area contributed by atoms with E-state index in [1.165, 1.54) is 11.0 Å². The van der Waals surface area contributed by atoms with Gasteiger partial charge in [-0.2, -0.15) is 0 Å². The summed E-state index contributed by atoms with van der Waals surface area (Å²) in [7, 11) is 0. The first kappa shape index (κ1) is 11.5. The molecule has 0 saturated carbocycles. The quantitative estimate of drug-likeness (QED) is 0.812. The lowest BCUT2D eigenvalue weighted by Gasteiger charge is -2.06. The van der Waals surface area contributed by atoms with Crippen molar-refractivity contribution in [1.82, 2.24) is 25.2 Å². The number of amides is 1. The number of tetrazole rings is 1. The number of hydrogen-bond acceptors (Lipinski definition) is 5. The van der Waals surface area contributed by atoms with Gasteiger partial charge in [-0.3, -0.25) is 4.79 Å². The lowest BCUT2D eigenvalue weighted by Crippen LogP contribution is -2.19. The number of halogens is 1. The molecule has 8 heteroatoms. The Bertz CT molecular complexity index is 526. The molecule has 0 saturated heterocycles. The molecule has 1 amide bonds. The van der Waals surface area contributed by atoms with Crippen LogP contribution >= 0.6 is 11.6 Å². The van der Waals surface area contributed by atoms with E-state index >= 15 is 0 Å². The first-order valence-electron chi connectivity index (χ1n) is 4.78. The van der Waals surface area contributed by atoms with Crippen molar-refractivity contribution in [2.24, 2.45) is 0 Å². The highest BCUT2D eigenvalue weighted by Gasteiger charge is 2.08. The van der Waals surface area contributed by atoms with Crippen LogP contribution in [-0.4, -0.2) is 31.1 Å². The largest absolute Gasteiger partial charge is 0.322 e. The Morgan fingerprint density at radius 2 is 2.41 bits per heavy atom. The predicted molar refractivity (Wildman–Crippen MR) is 60.4 cm³/mol. The summed E-state index contributed by atoms with van der Waals surface area (Å²) >= 11 is 5.85. The summed E-state index contributed by atoms with van der Waals surface area (Å²) in [4.78, 5) is 15.6. The molecule has 1 N–H and O–H groups in total. The van der Waals surface area contributed by atoms with Crippen LogP contribution in [0, 0.1) is 6.92 Å². The molecule has 17 heavy (non-hydrogen) atoms. The van der Waals surface area contributed by atoms with Crippen LogP contribution in [-0.2, 0) is 11.3 Å². The van der Waals surface area contributed by atoms with Gasteiger partial charge in [0.15, 0.2) is 5.15 Å². The van der Waals surface area contributed by atoms with E-state index in [2.05, 4.69) is 25.8 Å². The Kier molecular flexibility index (Phi) is 3.29. The molecule has 0 bridgehead atoms. The van der Waals surface area contributed by atoms with Crippen LogP contribution in [0.1, 0.15) is 5.56 Å². The second-order valence-corrected chi connectivity index (χ2v) is 3.76. The topological polar surface area (TPSA) is 85.6 Å². The fourth-order valence-corrected chi connectivity index (χ4v) is 1.38. The number of aromatic nitrogens is 5. The van der Waals surface area contributed by atoms with E-state index in [4.69, 9.17) is 11.6 Å². The maximum absolute atomic E-state index is 11.6. The van der Waals surface area contributed by atoms with Crippen LogP contribution in [0.4, 0.5) is 5.69 Å². The van der Waals surface area contributed by atoms with Crippen molar-refractivity contribution in [2.75, 3.05) is 5.32 Å². The van der Waals surface area contributed by atoms with Crippen LogP contribution in [0.5, 0.6) is 0 Å². The lowest BCUT2D eigenvalue weighted by atomic mass is 10.3. The van der Waals surface area contributed by atoms with Gasteiger partial charge in [0.1, 0.15) is 12.9 Å². The molecule has 0 unspecified atom stereocenters. The molecular weight excluding hydrogens is 244 g/mol. The SMILES string of the molecule is Cc1cnc(Cl)c(NC(=O)Cn2cnnn2)c1. The summed E-state index contributed by atoms with van der Waals surface area (Å²) in [6.45, 7) is 1.89. The lowest BCUT2D eigenvalue weighted by molar-refractivity contribution is -0.116. The Labute approximate surface area is 102 Å². The average Bonchev–Trinajstić information content (AvgIpc) is 2.76. The molecule has 0 aliphatic carbocycles. The maximum Gasteiger partial charge on any atom is 0.246 e. The van der Waals surface area contributed by atoms with Crippen molar-refractivity contribution < 1.29 is 4.79 Å². The van der Waals surface area contributed by atoms with Gasteiger partial charge in [-0.25, -0.2) is 9.67 Å². The van der Waals surface area contributed by atoms with Crippen molar-refractivity contribution >= 4 is 23.2 Å². The Balaban J connectivity index is 2.05. The van der Waals surface area contributed by atoms with Crippen LogP contribution < -0.4 is 5.32 Å². The van der Waals surface area contributed by atoms with Crippen LogP contribution in [0.2, 0.25) is 5.15 Å². The Morgan fingerprint density at radius 3 is 3.12 bits per heavy atom. The van der Waals surface area contributed by atoms with Gasteiger partial charge in [0.25, 0.3) is 0 Å². The molecule has 2 rings (SSSR count). The fraction of sp³-hybridized carbons (Fsp3) is 0.222. The molecule has 2 heterocycles. The zero-order valence-electron chi connectivity index (χ0n) is 8.96. The molecule has 2 aromatic rings. The standard InChI is InChI=1S/C9H9ClN6O/c1-6-2-7(9(10)11-3-6)13-8(17)4-16-5-12-14-15-16/h2-3,5H,4H2,1H3,(H,13,17). The van der Waals surface area contributed by atoms with E-state index in [0.717, 1.165) is 5.56 Å². The number of hydrogen-bond donors (Lipinski definition) is 1. The van der Waals surface area contributed by atoms with Gasteiger partial charge >= 0.3 is 0 Å². The van der Waals surface area contributed by atoms with Crippen molar-refractivity contribution in [3.63, 3.8) is 0 Å². The maximum atomic E-state index is 11.6. The van der Waals surface area contributed by atoms with Gasteiger partial charge in [0, 0.05) is 6.20 Å². The van der Waals surface area contributed by atoms with Gasteiger partial charge in [0.2, 0.25) is 5.91 Å². The molecule has 0 aliphatic rings. The molecule has 0 atom stereocenters. The third-order valence-electron chi connectivity index (χ3n) is 1.95. The summed E-state index contributed by atoms with van der Waals surface area (Å²) < 4.78 is 1.31. The molecule has 7 nitrogen and oxygen atoms in total. The monoisotopic (exact) mass is 252 g/mol. The van der Waals surface area contributed by atoms with Gasteiger partial charge in [-0.15, -0.1) is 5.10 Å². The van der Waals surface area contributed by atoms with E-state index in [0.29, 0.717) is 5.69 Å². The minimum absolute atomic E-state index is 0.0251. The number of carbonyl (C=O) groups excluding carboxylic acids is 1. The second kappa shape index (κ2) is 4.88. The van der Waals surface area contributed by atoms with E-state index in [1.54, 1.807) is 12.3 Å². The minimum Gasteiger partial charge on any atom is -0.322 e. The number of carbonyl (C=O) groups is 1. The number of anilines is 1. The number of nitrogens with zero attached hydrogens (tertiary/aromatic N) is 5. The Morgan fingerprint density at radius 1 is 1.59 bits per heavy atom.